The fourth-order valence-electron chi connectivity index (χ4n) is 4.44. The minimum Gasteiger partial charge on any atom is -0.454 e. The van der Waals surface area contributed by atoms with E-state index < -0.39 is 11.8 Å². The summed E-state index contributed by atoms with van der Waals surface area (Å²) in [6.45, 7) is 2.84. The van der Waals surface area contributed by atoms with E-state index in [1.165, 1.54) is 0 Å². The third-order valence-electron chi connectivity index (χ3n) is 5.83. The van der Waals surface area contributed by atoms with E-state index in [4.69, 9.17) is 14.2 Å². The van der Waals surface area contributed by atoms with Crippen molar-refractivity contribution in [1.29, 1.82) is 0 Å². The lowest BCUT2D eigenvalue weighted by molar-refractivity contribution is -0.160. The first-order valence-electron chi connectivity index (χ1n) is 10.3. The van der Waals surface area contributed by atoms with Gasteiger partial charge in [0.25, 0.3) is 0 Å². The van der Waals surface area contributed by atoms with E-state index in [9.17, 15) is 9.59 Å². The first-order valence-corrected chi connectivity index (χ1v) is 10.3. The molecule has 2 aliphatic heterocycles. The molecule has 2 heterocycles. The summed E-state index contributed by atoms with van der Waals surface area (Å²) in [7, 11) is 0. The number of nitrogens with one attached hydrogen (secondary N) is 1. The summed E-state index contributed by atoms with van der Waals surface area (Å²) in [5.41, 5.74) is 0.334. The molecule has 2 fully saturated rings. The summed E-state index contributed by atoms with van der Waals surface area (Å²) in [4.78, 5) is 27.6. The smallest absolute Gasteiger partial charge is 0.245 e. The van der Waals surface area contributed by atoms with Crippen LogP contribution in [0.15, 0.2) is 18.2 Å². The number of ether oxygens (including phenoxy) is 3. The fourth-order valence-corrected chi connectivity index (χ4v) is 4.44. The maximum Gasteiger partial charge on any atom is 0.245 e. The Balaban J connectivity index is 1.45. The molecule has 1 aromatic carbocycles. The van der Waals surface area contributed by atoms with E-state index in [1.54, 1.807) is 4.90 Å². The van der Waals surface area contributed by atoms with Gasteiger partial charge in [-0.1, -0.05) is 19.4 Å². The summed E-state index contributed by atoms with van der Waals surface area (Å²) < 4.78 is 16.8. The van der Waals surface area contributed by atoms with Gasteiger partial charge in [-0.3, -0.25) is 14.5 Å². The van der Waals surface area contributed by atoms with Gasteiger partial charge in [0.2, 0.25) is 18.6 Å². The van der Waals surface area contributed by atoms with Gasteiger partial charge >= 0.3 is 0 Å². The van der Waals surface area contributed by atoms with Crippen LogP contribution in [0.3, 0.4) is 0 Å². The van der Waals surface area contributed by atoms with Crippen LogP contribution in [0.5, 0.6) is 11.5 Å². The van der Waals surface area contributed by atoms with Crippen molar-refractivity contribution >= 4 is 11.8 Å². The molecule has 0 aromatic heterocycles. The highest BCUT2D eigenvalue weighted by atomic mass is 16.7. The van der Waals surface area contributed by atoms with E-state index in [0.717, 1.165) is 49.8 Å². The Labute approximate surface area is 165 Å². The van der Waals surface area contributed by atoms with Crippen LogP contribution in [0.1, 0.15) is 57.4 Å². The molecule has 1 unspecified atom stereocenters. The number of hydrogen-bond acceptors (Lipinski definition) is 5. The third kappa shape index (κ3) is 3.55. The average Bonchev–Trinajstić information content (AvgIpc) is 3.31. The lowest BCUT2D eigenvalue weighted by Gasteiger charge is -2.41. The molecule has 1 atom stereocenters. The van der Waals surface area contributed by atoms with E-state index in [0.29, 0.717) is 18.7 Å². The molecule has 1 saturated carbocycles. The number of hydrogen-bond donors (Lipinski definition) is 1. The minimum atomic E-state index is -0.592. The van der Waals surface area contributed by atoms with Crippen LogP contribution in [0.25, 0.3) is 0 Å². The predicted octanol–water partition coefficient (Wildman–Crippen LogP) is 2.72. The second-order valence-electron chi connectivity index (χ2n) is 7.75. The van der Waals surface area contributed by atoms with Crippen molar-refractivity contribution in [2.45, 2.75) is 70.2 Å². The topological polar surface area (TPSA) is 77.1 Å². The molecule has 2 amide bonds. The van der Waals surface area contributed by atoms with Crippen LogP contribution >= 0.6 is 0 Å². The molecule has 7 nitrogen and oxygen atoms in total. The van der Waals surface area contributed by atoms with Crippen molar-refractivity contribution in [3.05, 3.63) is 23.8 Å². The second kappa shape index (κ2) is 7.99. The molecule has 1 saturated heterocycles. The average molecular weight is 388 g/mol. The number of carbonyl (C=O) groups excluding carboxylic acids is 2. The van der Waals surface area contributed by atoms with Crippen molar-refractivity contribution in [3.8, 4) is 11.5 Å². The maximum absolute atomic E-state index is 13.0. The number of amides is 2. The molecule has 1 aromatic rings. The molecule has 152 valence electrons. The molecule has 3 aliphatic rings. The third-order valence-corrected chi connectivity index (χ3v) is 5.83. The fraction of sp³-hybridized carbons (Fsp3) is 0.619. The quantitative estimate of drug-likeness (QED) is 0.839. The number of carbonyl (C=O) groups is 2. The molecule has 1 N–H and O–H groups in total. The van der Waals surface area contributed by atoms with Crippen LogP contribution in [0.4, 0.5) is 0 Å². The van der Waals surface area contributed by atoms with Crippen molar-refractivity contribution < 1.29 is 23.8 Å². The van der Waals surface area contributed by atoms with Crippen molar-refractivity contribution in [1.82, 2.24) is 10.2 Å². The molecule has 4 rings (SSSR count). The summed E-state index contributed by atoms with van der Waals surface area (Å²) in [5.74, 6) is 1.27. The van der Waals surface area contributed by atoms with E-state index >= 15 is 0 Å². The summed E-state index contributed by atoms with van der Waals surface area (Å²) in [6, 6.07) is 5.06. The zero-order valence-corrected chi connectivity index (χ0v) is 16.4. The number of nitrogens with zero attached hydrogens (tertiary/aromatic N) is 1. The normalized spacial score (nSPS) is 22.5. The number of rotatable bonds is 5. The molecular formula is C21H28N2O5. The van der Waals surface area contributed by atoms with Gasteiger partial charge < -0.3 is 19.5 Å². The number of benzene rings is 1. The van der Waals surface area contributed by atoms with E-state index in [-0.39, 0.29) is 25.2 Å². The zero-order chi connectivity index (χ0) is 19.6. The molecular weight excluding hydrogens is 360 g/mol. The van der Waals surface area contributed by atoms with E-state index in [2.05, 4.69) is 5.32 Å². The Hall–Kier alpha value is -2.28. The second-order valence-corrected chi connectivity index (χ2v) is 7.75. The van der Waals surface area contributed by atoms with Crippen LogP contribution in [-0.2, 0) is 20.9 Å². The van der Waals surface area contributed by atoms with Crippen LogP contribution < -0.4 is 14.8 Å². The van der Waals surface area contributed by atoms with Crippen molar-refractivity contribution in [3.63, 3.8) is 0 Å². The zero-order valence-electron chi connectivity index (χ0n) is 16.4. The van der Waals surface area contributed by atoms with Gasteiger partial charge in [0.05, 0.1) is 6.61 Å². The van der Waals surface area contributed by atoms with Gasteiger partial charge in [-0.2, -0.15) is 0 Å². The molecule has 28 heavy (non-hydrogen) atoms. The molecule has 0 bridgehead atoms. The first kappa shape index (κ1) is 19.1. The maximum atomic E-state index is 13.0. The predicted molar refractivity (Wildman–Crippen MR) is 102 cm³/mol. The van der Waals surface area contributed by atoms with Gasteiger partial charge in [-0.15, -0.1) is 0 Å². The number of fused-ring (bicyclic) bond motifs is 1. The van der Waals surface area contributed by atoms with Gasteiger partial charge in [-0.25, -0.2) is 0 Å². The molecule has 1 aliphatic carbocycles. The lowest BCUT2D eigenvalue weighted by atomic mass is 9.90. The highest BCUT2D eigenvalue weighted by molar-refractivity contribution is 5.88. The lowest BCUT2D eigenvalue weighted by Crippen LogP contribution is -2.56. The first-order chi connectivity index (χ1) is 13.6. The van der Waals surface area contributed by atoms with Crippen LogP contribution in [-0.4, -0.2) is 41.9 Å². The van der Waals surface area contributed by atoms with Gasteiger partial charge in [0.15, 0.2) is 11.5 Å². The standard InChI is InChI=1S/C21H28N2O5/c1-2-6-19(24)23-16(13-28-21(23)9-4-3-5-10-21)20(25)22-12-15-7-8-17-18(11-15)27-14-26-17/h7-8,11,16H,2-6,9-10,12-14H2,1H3,(H,22,25). The van der Waals surface area contributed by atoms with Crippen molar-refractivity contribution in [2.24, 2.45) is 0 Å². The van der Waals surface area contributed by atoms with Gasteiger partial charge in [-0.05, 0) is 49.8 Å². The van der Waals surface area contributed by atoms with Crippen molar-refractivity contribution in [2.75, 3.05) is 13.4 Å². The Morgan fingerprint density at radius 3 is 2.75 bits per heavy atom. The van der Waals surface area contributed by atoms with E-state index in [1.807, 2.05) is 25.1 Å². The Bertz CT molecular complexity index is 744. The highest BCUT2D eigenvalue weighted by Crippen LogP contribution is 2.41. The van der Waals surface area contributed by atoms with Gasteiger partial charge in [0, 0.05) is 13.0 Å². The minimum absolute atomic E-state index is 0.0186. The Morgan fingerprint density at radius 1 is 1.18 bits per heavy atom. The van der Waals surface area contributed by atoms with Gasteiger partial charge in [0.1, 0.15) is 11.8 Å². The monoisotopic (exact) mass is 388 g/mol. The summed E-state index contributed by atoms with van der Waals surface area (Å²) >= 11 is 0. The van der Waals surface area contributed by atoms with Crippen LogP contribution in [0.2, 0.25) is 0 Å². The molecule has 7 heteroatoms. The molecule has 0 radical (unpaired) electrons. The largest absolute Gasteiger partial charge is 0.454 e. The van der Waals surface area contributed by atoms with Crippen LogP contribution in [0, 0.1) is 0 Å². The highest BCUT2D eigenvalue weighted by Gasteiger charge is 2.52. The Kier molecular flexibility index (Phi) is 5.44. The summed E-state index contributed by atoms with van der Waals surface area (Å²) in [5, 5.41) is 2.97. The SMILES string of the molecule is CCCC(=O)N1C(C(=O)NCc2ccc3c(c2)OCO3)COC12CCCCC2. The molecule has 1 spiro atoms. The summed E-state index contributed by atoms with van der Waals surface area (Å²) in [6.07, 6.45) is 6.04. The Morgan fingerprint density at radius 2 is 1.96 bits per heavy atom.